The van der Waals surface area contributed by atoms with Gasteiger partial charge in [0.05, 0.1) is 6.04 Å². The zero-order valence-corrected chi connectivity index (χ0v) is 17.9. The molecule has 0 aromatic heterocycles. The van der Waals surface area contributed by atoms with Crippen molar-refractivity contribution in [1.29, 1.82) is 0 Å². The topological polar surface area (TPSA) is 105 Å². The maximum absolute atomic E-state index is 12.9. The third kappa shape index (κ3) is 7.63. The molecular formula is C23H32N2O5. The zero-order chi connectivity index (χ0) is 22.1. The second-order valence-electron chi connectivity index (χ2n) is 8.05. The van der Waals surface area contributed by atoms with Gasteiger partial charge in [-0.05, 0) is 30.4 Å². The lowest BCUT2D eigenvalue weighted by atomic mass is 9.99. The van der Waals surface area contributed by atoms with Gasteiger partial charge in [-0.15, -0.1) is 0 Å². The van der Waals surface area contributed by atoms with Gasteiger partial charge in [-0.2, -0.15) is 0 Å². The first-order chi connectivity index (χ1) is 14.3. The predicted molar refractivity (Wildman–Crippen MR) is 115 cm³/mol. The number of rotatable bonds is 12. The van der Waals surface area contributed by atoms with Gasteiger partial charge in [-0.3, -0.25) is 9.59 Å². The Kier molecular flexibility index (Phi) is 9.05. The first-order valence-electron chi connectivity index (χ1n) is 10.5. The maximum atomic E-state index is 12.9. The van der Waals surface area contributed by atoms with Crippen LogP contribution >= 0.6 is 0 Å². The van der Waals surface area contributed by atoms with Gasteiger partial charge in [-0.1, -0.05) is 63.9 Å². The molecule has 2 rings (SSSR count). The summed E-state index contributed by atoms with van der Waals surface area (Å²) < 4.78 is 5.24. The fourth-order valence-electron chi connectivity index (χ4n) is 3.18. The number of nitrogens with one attached hydrogen (secondary N) is 2. The van der Waals surface area contributed by atoms with Crippen molar-refractivity contribution in [3.05, 3.63) is 57.7 Å². The van der Waals surface area contributed by atoms with E-state index in [9.17, 15) is 19.5 Å². The van der Waals surface area contributed by atoms with Crippen LogP contribution in [0, 0.1) is 5.92 Å². The number of carbonyl (C=O) groups excluding carboxylic acids is 2. The van der Waals surface area contributed by atoms with Gasteiger partial charge in [0.2, 0.25) is 5.91 Å². The number of hydrogen-bond donors (Lipinski definition) is 3. The lowest BCUT2D eigenvalue weighted by Gasteiger charge is -2.26. The largest absolute Gasteiger partial charge is 0.445 e. The number of aliphatic hydroxyl groups excluding tert-OH is 1. The van der Waals surface area contributed by atoms with Gasteiger partial charge in [0.25, 0.3) is 0 Å². The third-order valence-electron chi connectivity index (χ3n) is 4.91. The summed E-state index contributed by atoms with van der Waals surface area (Å²) >= 11 is 0. The highest BCUT2D eigenvalue weighted by Gasteiger charge is 2.31. The van der Waals surface area contributed by atoms with Crippen molar-refractivity contribution in [1.82, 2.24) is 10.6 Å². The van der Waals surface area contributed by atoms with Crippen LogP contribution in [0.1, 0.15) is 63.7 Å². The molecule has 1 unspecified atom stereocenters. The van der Waals surface area contributed by atoms with Crippen LogP contribution in [0.5, 0.6) is 0 Å². The van der Waals surface area contributed by atoms with E-state index < -0.39 is 30.2 Å². The van der Waals surface area contributed by atoms with Crippen molar-refractivity contribution in [3.8, 4) is 0 Å². The van der Waals surface area contributed by atoms with E-state index in [-0.39, 0.29) is 18.0 Å². The lowest BCUT2D eigenvalue weighted by Crippen LogP contribution is -2.51. The fraction of sp³-hybridized carbons (Fsp3) is 0.522. The standard InChI is InChI=1S/C23H32N2O5/c1-4-5-11-18(21(27)17-13-20(17)26)24-22(28)19(12-15(2)3)25-23(29)30-14-16-9-7-6-8-10-16/h6-10,13,15,18-19,21,27H,4-5,11-12,14H2,1-3H3,(H,24,28)(H,25,29)/t18-,19-,21?/m0/s1. The smallest absolute Gasteiger partial charge is 0.408 e. The van der Waals surface area contributed by atoms with Crippen molar-refractivity contribution in [2.75, 3.05) is 0 Å². The van der Waals surface area contributed by atoms with Crippen LogP contribution in [0.3, 0.4) is 0 Å². The average Bonchev–Trinajstić information content (AvgIpc) is 3.45. The van der Waals surface area contributed by atoms with Crippen LogP contribution in [0.4, 0.5) is 4.79 Å². The zero-order valence-electron chi connectivity index (χ0n) is 17.9. The van der Waals surface area contributed by atoms with Gasteiger partial charge >= 0.3 is 6.09 Å². The van der Waals surface area contributed by atoms with Crippen molar-refractivity contribution >= 4 is 12.0 Å². The molecule has 0 saturated carbocycles. The van der Waals surface area contributed by atoms with E-state index in [0.29, 0.717) is 18.4 Å². The molecule has 2 amide bonds. The molecule has 7 heteroatoms. The second kappa shape index (κ2) is 11.5. The molecule has 0 aliphatic rings. The molecule has 2 aromatic rings. The summed E-state index contributed by atoms with van der Waals surface area (Å²) in [4.78, 5) is 36.5. The van der Waals surface area contributed by atoms with Crippen LogP contribution in [0.15, 0.2) is 41.2 Å². The molecule has 0 fully saturated rings. The molecule has 0 radical (unpaired) electrons. The van der Waals surface area contributed by atoms with Gasteiger partial charge < -0.3 is 20.5 Å². The van der Waals surface area contributed by atoms with Crippen LogP contribution in [0.2, 0.25) is 0 Å². The molecular weight excluding hydrogens is 384 g/mol. The SMILES string of the molecule is CCCC[C@H](NC(=O)[C@H](CC(C)C)NC(=O)OCc1ccccc1)C(O)c1cc1=O. The molecule has 0 spiro atoms. The quantitative estimate of drug-likeness (QED) is 0.493. The van der Waals surface area contributed by atoms with Crippen molar-refractivity contribution in [3.63, 3.8) is 0 Å². The van der Waals surface area contributed by atoms with Crippen molar-refractivity contribution in [2.45, 2.75) is 71.2 Å². The Balaban J connectivity index is 1.98. The van der Waals surface area contributed by atoms with Crippen molar-refractivity contribution < 1.29 is 19.4 Å². The number of carbonyl (C=O) groups is 2. The minimum absolute atomic E-state index is 0.108. The molecule has 30 heavy (non-hydrogen) atoms. The number of benzene rings is 1. The van der Waals surface area contributed by atoms with Gasteiger partial charge in [0.15, 0.2) is 5.43 Å². The van der Waals surface area contributed by atoms with E-state index >= 15 is 0 Å². The van der Waals surface area contributed by atoms with Crippen LogP contribution in [-0.2, 0) is 16.1 Å². The first kappa shape index (κ1) is 23.6. The van der Waals surface area contributed by atoms with Crippen LogP contribution in [-0.4, -0.2) is 29.2 Å². The van der Waals surface area contributed by atoms with E-state index in [4.69, 9.17) is 4.74 Å². The summed E-state index contributed by atoms with van der Waals surface area (Å²) in [7, 11) is 0. The molecule has 164 valence electrons. The number of alkyl carbamates (subject to hydrolysis) is 1. The van der Waals surface area contributed by atoms with E-state index in [0.717, 1.165) is 18.4 Å². The molecule has 0 saturated heterocycles. The van der Waals surface area contributed by atoms with Gasteiger partial charge in [-0.25, -0.2) is 4.79 Å². The number of ether oxygens (including phenoxy) is 1. The molecule has 0 heterocycles. The minimum Gasteiger partial charge on any atom is -0.445 e. The van der Waals surface area contributed by atoms with E-state index in [1.165, 1.54) is 6.07 Å². The molecule has 0 aliphatic heterocycles. The number of hydrogen-bond acceptors (Lipinski definition) is 5. The molecule has 3 N–H and O–H groups in total. The summed E-state index contributed by atoms with van der Waals surface area (Å²) in [5.41, 5.74) is 1.01. The second-order valence-corrected chi connectivity index (χ2v) is 8.05. The molecule has 2 aromatic carbocycles. The summed E-state index contributed by atoms with van der Waals surface area (Å²) in [6.07, 6.45) is 0.949. The highest BCUT2D eigenvalue weighted by Crippen LogP contribution is 2.21. The summed E-state index contributed by atoms with van der Waals surface area (Å²) in [5.74, 6) is -0.240. The van der Waals surface area contributed by atoms with E-state index in [1.54, 1.807) is 0 Å². The van der Waals surface area contributed by atoms with Crippen LogP contribution < -0.4 is 16.1 Å². The Bertz CT molecular complexity index is 811. The highest BCUT2D eigenvalue weighted by atomic mass is 16.5. The number of amides is 2. The van der Waals surface area contributed by atoms with Crippen LogP contribution in [0.25, 0.3) is 0 Å². The Morgan fingerprint density at radius 2 is 1.80 bits per heavy atom. The Morgan fingerprint density at radius 1 is 1.13 bits per heavy atom. The first-order valence-corrected chi connectivity index (χ1v) is 10.5. The molecule has 0 bridgehead atoms. The van der Waals surface area contributed by atoms with E-state index in [1.807, 2.05) is 51.1 Å². The molecule has 0 aliphatic carbocycles. The monoisotopic (exact) mass is 416 g/mol. The third-order valence-corrected chi connectivity index (χ3v) is 4.91. The Labute approximate surface area is 177 Å². The highest BCUT2D eigenvalue weighted by molar-refractivity contribution is 5.85. The molecule has 3 atom stereocenters. The normalized spacial score (nSPS) is 14.3. The maximum Gasteiger partial charge on any atom is 0.408 e. The summed E-state index contributed by atoms with van der Waals surface area (Å²) in [5, 5.41) is 15.9. The molecule has 7 nitrogen and oxygen atoms in total. The predicted octanol–water partition coefficient (Wildman–Crippen LogP) is 2.97. The average molecular weight is 417 g/mol. The van der Waals surface area contributed by atoms with Gasteiger partial charge in [0, 0.05) is 5.56 Å². The summed E-state index contributed by atoms with van der Waals surface area (Å²) in [6.45, 7) is 6.03. The number of aliphatic hydroxyl groups is 1. The minimum atomic E-state index is -1.03. The Morgan fingerprint density at radius 3 is 2.37 bits per heavy atom. The van der Waals surface area contributed by atoms with E-state index in [2.05, 4.69) is 10.6 Å². The van der Waals surface area contributed by atoms with Gasteiger partial charge in [0.1, 0.15) is 18.8 Å². The fourth-order valence-corrected chi connectivity index (χ4v) is 3.18. The summed E-state index contributed by atoms with van der Waals surface area (Å²) in [6, 6.07) is 9.28. The number of unbranched alkanes of at least 4 members (excludes halogenated alkanes) is 1. The van der Waals surface area contributed by atoms with Crippen molar-refractivity contribution in [2.24, 2.45) is 5.92 Å². The Hall–Kier alpha value is -2.67. The lowest BCUT2D eigenvalue weighted by molar-refractivity contribution is -0.125.